The summed E-state index contributed by atoms with van der Waals surface area (Å²) < 4.78 is 5.67. The summed E-state index contributed by atoms with van der Waals surface area (Å²) in [5.41, 5.74) is 0. The summed E-state index contributed by atoms with van der Waals surface area (Å²) in [5, 5.41) is 0. The van der Waals surface area contributed by atoms with Crippen molar-refractivity contribution in [2.75, 3.05) is 0 Å². The number of ether oxygens (including phenoxy) is 1. The van der Waals surface area contributed by atoms with Crippen LogP contribution < -0.4 is 0 Å². The van der Waals surface area contributed by atoms with Gasteiger partial charge in [-0.05, 0) is 19.3 Å². The fourth-order valence-electron chi connectivity index (χ4n) is 2.37. The van der Waals surface area contributed by atoms with E-state index < -0.39 is 0 Å². The molecule has 0 bridgehead atoms. The molecule has 0 radical (unpaired) electrons. The average molecular weight is 250 g/mol. The Morgan fingerprint density at radius 2 is 1.67 bits per heavy atom. The molecule has 1 heterocycles. The first-order valence-corrected chi connectivity index (χ1v) is 7.79. The van der Waals surface area contributed by atoms with E-state index in [4.69, 9.17) is 4.74 Å². The summed E-state index contributed by atoms with van der Waals surface area (Å²) in [4.78, 5) is 0. The number of hydrogen-bond donors (Lipinski definition) is 0. The molecule has 0 aromatic heterocycles. The Balaban J connectivity index is 1.83. The first kappa shape index (κ1) is 15.5. The Morgan fingerprint density at radius 1 is 0.944 bits per heavy atom. The standard InChI is InChI=1S/C17H30O/c1-3-5-7-9-10-11-13-15-17-16(18-17)14-12-8-6-4-2/h4,8,12,16-17H,2-3,5-7,9-11,13-15H2,1H3. The molecule has 0 aliphatic carbocycles. The minimum absolute atomic E-state index is 0.520. The van der Waals surface area contributed by atoms with Crippen LogP contribution in [0.2, 0.25) is 0 Å². The van der Waals surface area contributed by atoms with Gasteiger partial charge in [0, 0.05) is 0 Å². The second-order valence-electron chi connectivity index (χ2n) is 5.35. The molecule has 104 valence electrons. The van der Waals surface area contributed by atoms with Gasteiger partial charge in [-0.2, -0.15) is 0 Å². The highest BCUT2D eigenvalue weighted by atomic mass is 16.6. The normalized spacial score (nSPS) is 22.5. The van der Waals surface area contributed by atoms with Crippen LogP contribution in [0.25, 0.3) is 0 Å². The van der Waals surface area contributed by atoms with Gasteiger partial charge in [-0.15, -0.1) is 6.58 Å². The Morgan fingerprint density at radius 3 is 2.39 bits per heavy atom. The molecule has 1 nitrogen and oxygen atoms in total. The van der Waals surface area contributed by atoms with Crippen molar-refractivity contribution < 1.29 is 4.74 Å². The topological polar surface area (TPSA) is 12.5 Å². The summed E-state index contributed by atoms with van der Waals surface area (Å²) >= 11 is 0. The number of unbranched alkanes of at least 4 members (excludes halogenated alkanes) is 6. The highest BCUT2D eigenvalue weighted by Gasteiger charge is 2.36. The molecule has 1 aliphatic rings. The van der Waals surface area contributed by atoms with Gasteiger partial charge in [0.05, 0.1) is 12.2 Å². The second kappa shape index (κ2) is 10.4. The van der Waals surface area contributed by atoms with E-state index >= 15 is 0 Å². The third kappa shape index (κ3) is 7.71. The molecule has 0 spiro atoms. The molecule has 1 saturated heterocycles. The molecule has 0 aromatic rings. The molecular formula is C17H30O. The van der Waals surface area contributed by atoms with Crippen molar-refractivity contribution in [3.63, 3.8) is 0 Å². The molecule has 1 fully saturated rings. The van der Waals surface area contributed by atoms with Crippen molar-refractivity contribution in [1.82, 2.24) is 0 Å². The molecule has 0 saturated carbocycles. The van der Waals surface area contributed by atoms with E-state index in [1.54, 1.807) is 0 Å². The maximum atomic E-state index is 5.67. The summed E-state index contributed by atoms with van der Waals surface area (Å²) in [6.07, 6.45) is 20.5. The molecule has 2 unspecified atom stereocenters. The van der Waals surface area contributed by atoms with Gasteiger partial charge in [0.15, 0.2) is 0 Å². The third-order valence-corrected chi connectivity index (χ3v) is 3.62. The van der Waals surface area contributed by atoms with Crippen LogP contribution in [-0.2, 0) is 4.74 Å². The molecular weight excluding hydrogens is 220 g/mol. The number of allylic oxidation sites excluding steroid dienone is 2. The van der Waals surface area contributed by atoms with Crippen molar-refractivity contribution >= 4 is 0 Å². The SMILES string of the molecule is C=CCC=CCC1OC1CCCCCCCCC. The van der Waals surface area contributed by atoms with E-state index in [2.05, 4.69) is 25.7 Å². The van der Waals surface area contributed by atoms with E-state index in [9.17, 15) is 0 Å². The van der Waals surface area contributed by atoms with Gasteiger partial charge in [0.25, 0.3) is 0 Å². The molecule has 2 atom stereocenters. The van der Waals surface area contributed by atoms with Crippen molar-refractivity contribution in [3.05, 3.63) is 24.8 Å². The fraction of sp³-hybridized carbons (Fsp3) is 0.765. The van der Waals surface area contributed by atoms with Gasteiger partial charge in [0.2, 0.25) is 0 Å². The quantitative estimate of drug-likeness (QED) is 0.256. The Labute approximate surface area is 113 Å². The van der Waals surface area contributed by atoms with Crippen LogP contribution >= 0.6 is 0 Å². The average Bonchev–Trinajstić information content (AvgIpc) is 3.12. The van der Waals surface area contributed by atoms with Crippen LogP contribution in [0.5, 0.6) is 0 Å². The van der Waals surface area contributed by atoms with Crippen LogP contribution in [0.1, 0.15) is 71.1 Å². The van der Waals surface area contributed by atoms with Crippen LogP contribution in [0, 0.1) is 0 Å². The molecule has 18 heavy (non-hydrogen) atoms. The largest absolute Gasteiger partial charge is 0.369 e. The van der Waals surface area contributed by atoms with Crippen LogP contribution in [-0.4, -0.2) is 12.2 Å². The molecule has 1 aliphatic heterocycles. The molecule has 0 N–H and O–H groups in total. The maximum absolute atomic E-state index is 5.67. The van der Waals surface area contributed by atoms with Gasteiger partial charge in [-0.1, -0.05) is 70.1 Å². The Kier molecular flexibility index (Phi) is 8.93. The minimum atomic E-state index is 0.520. The van der Waals surface area contributed by atoms with Gasteiger partial charge < -0.3 is 4.74 Å². The zero-order chi connectivity index (χ0) is 13.1. The summed E-state index contributed by atoms with van der Waals surface area (Å²) in [6.45, 7) is 5.97. The molecule has 1 rings (SSSR count). The number of epoxide rings is 1. The van der Waals surface area contributed by atoms with Gasteiger partial charge >= 0.3 is 0 Å². The molecule has 0 aromatic carbocycles. The fourth-order valence-corrected chi connectivity index (χ4v) is 2.37. The van der Waals surface area contributed by atoms with Crippen molar-refractivity contribution in [1.29, 1.82) is 0 Å². The Bertz CT molecular complexity index is 232. The molecule has 0 amide bonds. The number of hydrogen-bond acceptors (Lipinski definition) is 1. The van der Waals surface area contributed by atoms with E-state index in [0.29, 0.717) is 12.2 Å². The zero-order valence-electron chi connectivity index (χ0n) is 12.1. The van der Waals surface area contributed by atoms with E-state index in [1.807, 2.05) is 6.08 Å². The second-order valence-corrected chi connectivity index (χ2v) is 5.35. The first-order valence-electron chi connectivity index (χ1n) is 7.79. The van der Waals surface area contributed by atoms with E-state index in [0.717, 1.165) is 12.8 Å². The summed E-state index contributed by atoms with van der Waals surface area (Å²) in [5.74, 6) is 0. The summed E-state index contributed by atoms with van der Waals surface area (Å²) in [6, 6.07) is 0. The lowest BCUT2D eigenvalue weighted by Gasteiger charge is -1.99. The minimum Gasteiger partial charge on any atom is -0.369 e. The smallest absolute Gasteiger partial charge is 0.0876 e. The lowest BCUT2D eigenvalue weighted by Crippen LogP contribution is -1.92. The van der Waals surface area contributed by atoms with Gasteiger partial charge in [-0.25, -0.2) is 0 Å². The van der Waals surface area contributed by atoms with Crippen molar-refractivity contribution in [3.8, 4) is 0 Å². The van der Waals surface area contributed by atoms with Gasteiger partial charge in [-0.3, -0.25) is 0 Å². The Hall–Kier alpha value is -0.560. The third-order valence-electron chi connectivity index (χ3n) is 3.62. The van der Waals surface area contributed by atoms with E-state index in [-0.39, 0.29) is 0 Å². The predicted octanol–water partition coefficient (Wildman–Crippen LogP) is 5.42. The zero-order valence-corrected chi connectivity index (χ0v) is 12.1. The number of rotatable bonds is 12. The van der Waals surface area contributed by atoms with Gasteiger partial charge in [0.1, 0.15) is 0 Å². The van der Waals surface area contributed by atoms with Crippen LogP contribution in [0.15, 0.2) is 24.8 Å². The first-order chi connectivity index (χ1) is 8.88. The van der Waals surface area contributed by atoms with Crippen LogP contribution in [0.3, 0.4) is 0 Å². The summed E-state index contributed by atoms with van der Waals surface area (Å²) in [7, 11) is 0. The van der Waals surface area contributed by atoms with Crippen molar-refractivity contribution in [2.24, 2.45) is 0 Å². The maximum Gasteiger partial charge on any atom is 0.0876 e. The highest BCUT2D eigenvalue weighted by Crippen LogP contribution is 2.30. The lowest BCUT2D eigenvalue weighted by molar-refractivity contribution is 0.358. The highest BCUT2D eigenvalue weighted by molar-refractivity contribution is 4.95. The monoisotopic (exact) mass is 250 g/mol. The predicted molar refractivity (Wildman–Crippen MR) is 79.8 cm³/mol. The molecule has 1 heteroatoms. The lowest BCUT2D eigenvalue weighted by atomic mass is 10.1. The van der Waals surface area contributed by atoms with Crippen LogP contribution in [0.4, 0.5) is 0 Å². The van der Waals surface area contributed by atoms with E-state index in [1.165, 1.54) is 51.4 Å². The van der Waals surface area contributed by atoms with Crippen molar-refractivity contribution in [2.45, 2.75) is 83.3 Å².